The Morgan fingerprint density at radius 3 is 2.20 bits per heavy atom. The van der Waals surface area contributed by atoms with Crippen molar-refractivity contribution in [1.82, 2.24) is 4.72 Å². The summed E-state index contributed by atoms with van der Waals surface area (Å²) in [5.74, 6) is -2.91. The Bertz CT molecular complexity index is 1420. The van der Waals surface area contributed by atoms with E-state index in [-0.39, 0.29) is 24.2 Å². The number of nitrogens with zero attached hydrogens (tertiary/aromatic N) is 2. The van der Waals surface area contributed by atoms with E-state index >= 15 is 0 Å². The van der Waals surface area contributed by atoms with Gasteiger partial charge in [0.15, 0.2) is 0 Å². The molecule has 0 aromatic heterocycles. The number of nitrogens with one attached hydrogen (secondary N) is 3. The number of likely N-dealkylation sites (N-methyl/N-ethyl adjacent to an activating group) is 1. The third kappa shape index (κ3) is 5.13. The number of benzene rings is 2. The Kier molecular flexibility index (Phi) is 6.53. The third-order valence-electron chi connectivity index (χ3n) is 9.60. The fourth-order valence-electron chi connectivity index (χ4n) is 6.87. The topological polar surface area (TPSA) is 93.8 Å². The second kappa shape index (κ2) is 9.58. The molecule has 216 valence electrons. The predicted octanol–water partition coefficient (Wildman–Crippen LogP) is 5.09. The molecule has 0 bridgehead atoms. The molecule has 6 rings (SSSR count). The highest BCUT2D eigenvalue weighted by Crippen LogP contribution is 2.54. The van der Waals surface area contributed by atoms with Gasteiger partial charge in [-0.1, -0.05) is 0 Å². The molecule has 8 nitrogen and oxygen atoms in total. The van der Waals surface area contributed by atoms with Crippen LogP contribution in [-0.2, 0) is 15.6 Å². The van der Waals surface area contributed by atoms with E-state index in [4.69, 9.17) is 0 Å². The Hall–Kier alpha value is -2.92. The van der Waals surface area contributed by atoms with Crippen LogP contribution in [0.4, 0.5) is 31.5 Å². The summed E-state index contributed by atoms with van der Waals surface area (Å²) in [5, 5.41) is 3.04. The number of piperidine rings is 1. The average Bonchev–Trinajstić information content (AvgIpc) is 3.62. The van der Waals surface area contributed by atoms with Crippen molar-refractivity contribution in [2.75, 3.05) is 53.6 Å². The number of amides is 1. The maximum absolute atomic E-state index is 14.0. The molecular formula is C29H37F2N5O3S. The van der Waals surface area contributed by atoms with E-state index in [2.05, 4.69) is 24.6 Å². The van der Waals surface area contributed by atoms with E-state index in [1.165, 1.54) is 19.9 Å². The Labute approximate surface area is 234 Å². The second-order valence-corrected chi connectivity index (χ2v) is 13.8. The number of halogens is 2. The van der Waals surface area contributed by atoms with Crippen molar-refractivity contribution < 1.29 is 22.0 Å². The molecule has 2 aromatic carbocycles. The zero-order valence-corrected chi connectivity index (χ0v) is 23.8. The van der Waals surface area contributed by atoms with E-state index in [0.717, 1.165) is 37.2 Å². The molecule has 1 amide bonds. The van der Waals surface area contributed by atoms with Gasteiger partial charge in [0.2, 0.25) is 5.92 Å². The van der Waals surface area contributed by atoms with Crippen LogP contribution in [0.15, 0.2) is 36.4 Å². The van der Waals surface area contributed by atoms with Crippen molar-refractivity contribution in [2.45, 2.75) is 62.7 Å². The molecule has 0 atom stereocenters. The van der Waals surface area contributed by atoms with Gasteiger partial charge in [0, 0.05) is 63.4 Å². The zero-order chi connectivity index (χ0) is 28.3. The van der Waals surface area contributed by atoms with Gasteiger partial charge in [-0.05, 0) is 85.9 Å². The minimum absolute atomic E-state index is 0.124. The average molecular weight is 574 g/mol. The van der Waals surface area contributed by atoms with E-state index in [1.807, 2.05) is 25.2 Å². The van der Waals surface area contributed by atoms with Crippen LogP contribution in [-0.4, -0.2) is 54.0 Å². The molecule has 11 heteroatoms. The zero-order valence-electron chi connectivity index (χ0n) is 23.0. The molecule has 2 aliphatic carbocycles. The minimum Gasteiger partial charge on any atom is -0.373 e. The summed E-state index contributed by atoms with van der Waals surface area (Å²) in [4.78, 5) is 18.0. The van der Waals surface area contributed by atoms with Gasteiger partial charge in [-0.25, -0.2) is 13.5 Å². The van der Waals surface area contributed by atoms with Crippen molar-refractivity contribution in [3.8, 4) is 0 Å². The van der Waals surface area contributed by atoms with Crippen LogP contribution < -0.4 is 24.6 Å². The molecule has 4 aliphatic rings. The normalized spacial score (nSPS) is 22.3. The highest BCUT2D eigenvalue weighted by atomic mass is 32.2. The van der Waals surface area contributed by atoms with Crippen LogP contribution in [0.2, 0.25) is 0 Å². The minimum atomic E-state index is -3.71. The SMILES string of the molecule is CNS(=O)(=O)Nc1ccc(C(=O)Nc2ccc3c(c2)C2(CCC(F)(F)CC2)CN3C)c(N2CCC3(CC2)CC3)c1. The lowest BCUT2D eigenvalue weighted by Gasteiger charge is -2.37. The fourth-order valence-corrected chi connectivity index (χ4v) is 7.41. The number of alkyl halides is 2. The number of anilines is 4. The van der Waals surface area contributed by atoms with Crippen molar-refractivity contribution in [2.24, 2.45) is 5.41 Å². The molecule has 2 aromatic rings. The quantitative estimate of drug-likeness (QED) is 0.448. The maximum atomic E-state index is 14.0. The standard InChI is InChI=1S/C29H37F2N5O3S/c1-32-40(38,39)34-21-3-5-22(25(18-21)36-15-13-27(7-8-27)14-16-36)26(37)33-20-4-6-24-23(17-20)28(19-35(24)2)9-11-29(30,31)12-10-28/h3-6,17-18,32,34H,7-16,19H2,1-2H3,(H,33,37). The molecule has 1 saturated heterocycles. The summed E-state index contributed by atoms with van der Waals surface area (Å²) in [6, 6.07) is 10.7. The monoisotopic (exact) mass is 573 g/mol. The van der Waals surface area contributed by atoms with Gasteiger partial charge in [0.1, 0.15) is 0 Å². The van der Waals surface area contributed by atoms with Crippen molar-refractivity contribution in [3.63, 3.8) is 0 Å². The number of carbonyl (C=O) groups is 1. The molecule has 2 spiro atoms. The summed E-state index contributed by atoms with van der Waals surface area (Å²) < 4.78 is 57.0. The van der Waals surface area contributed by atoms with Gasteiger partial charge >= 0.3 is 0 Å². The molecule has 2 aliphatic heterocycles. The van der Waals surface area contributed by atoms with Crippen LogP contribution in [0.25, 0.3) is 0 Å². The number of fused-ring (bicyclic) bond motifs is 2. The Morgan fingerprint density at radius 1 is 0.875 bits per heavy atom. The number of hydrogen-bond donors (Lipinski definition) is 3. The van der Waals surface area contributed by atoms with Crippen LogP contribution in [0.3, 0.4) is 0 Å². The largest absolute Gasteiger partial charge is 0.373 e. The molecule has 0 radical (unpaired) electrons. The lowest BCUT2D eigenvalue weighted by Crippen LogP contribution is -2.39. The maximum Gasteiger partial charge on any atom is 0.298 e. The predicted molar refractivity (Wildman–Crippen MR) is 154 cm³/mol. The molecule has 3 N–H and O–H groups in total. The highest BCUT2D eigenvalue weighted by molar-refractivity contribution is 7.90. The molecule has 3 fully saturated rings. The first-order valence-electron chi connectivity index (χ1n) is 14.1. The molecule has 0 unspecified atom stereocenters. The van der Waals surface area contributed by atoms with E-state index in [0.29, 0.717) is 47.4 Å². The first-order valence-corrected chi connectivity index (χ1v) is 15.6. The van der Waals surface area contributed by atoms with Gasteiger partial charge in [0.05, 0.1) is 16.9 Å². The summed E-state index contributed by atoms with van der Waals surface area (Å²) >= 11 is 0. The van der Waals surface area contributed by atoms with Crippen molar-refractivity contribution >= 4 is 38.9 Å². The summed E-state index contributed by atoms with van der Waals surface area (Å²) in [6.07, 6.45) is 5.20. The Morgan fingerprint density at radius 2 is 1.55 bits per heavy atom. The highest BCUT2D eigenvalue weighted by Gasteiger charge is 2.49. The van der Waals surface area contributed by atoms with Crippen molar-refractivity contribution in [3.05, 3.63) is 47.5 Å². The summed E-state index contributed by atoms with van der Waals surface area (Å²) in [6.45, 7) is 2.31. The first kappa shape index (κ1) is 27.3. The van der Waals surface area contributed by atoms with Gasteiger partial charge in [0.25, 0.3) is 16.1 Å². The lowest BCUT2D eigenvalue weighted by atomic mass is 9.69. The molecule has 2 heterocycles. The van der Waals surface area contributed by atoms with Gasteiger partial charge in [-0.15, -0.1) is 0 Å². The smallest absolute Gasteiger partial charge is 0.298 e. The summed E-state index contributed by atoms with van der Waals surface area (Å²) in [7, 11) is -0.391. The Balaban J connectivity index is 1.28. The van der Waals surface area contributed by atoms with Crippen molar-refractivity contribution in [1.29, 1.82) is 0 Å². The van der Waals surface area contributed by atoms with Gasteiger partial charge in [-0.3, -0.25) is 9.52 Å². The second-order valence-electron chi connectivity index (χ2n) is 12.2. The molecule has 2 saturated carbocycles. The van der Waals surface area contributed by atoms with E-state index < -0.39 is 16.1 Å². The van der Waals surface area contributed by atoms with Gasteiger partial charge < -0.3 is 15.1 Å². The fraction of sp³-hybridized carbons (Fsp3) is 0.552. The van der Waals surface area contributed by atoms with Gasteiger partial charge in [-0.2, -0.15) is 8.42 Å². The van der Waals surface area contributed by atoms with E-state index in [1.54, 1.807) is 18.2 Å². The van der Waals surface area contributed by atoms with Crippen LogP contribution in [0.5, 0.6) is 0 Å². The van der Waals surface area contributed by atoms with Crippen LogP contribution in [0, 0.1) is 5.41 Å². The number of carbonyl (C=O) groups excluding carboxylic acids is 1. The van der Waals surface area contributed by atoms with Crippen LogP contribution >= 0.6 is 0 Å². The third-order valence-corrected chi connectivity index (χ3v) is 10.6. The number of hydrogen-bond acceptors (Lipinski definition) is 5. The summed E-state index contributed by atoms with van der Waals surface area (Å²) in [5.41, 5.74) is 4.30. The van der Waals surface area contributed by atoms with E-state index in [9.17, 15) is 22.0 Å². The first-order chi connectivity index (χ1) is 18.9. The van der Waals surface area contributed by atoms with Crippen LogP contribution in [0.1, 0.15) is 67.3 Å². The molecular weight excluding hydrogens is 536 g/mol. The number of rotatable bonds is 6. The molecule has 40 heavy (non-hydrogen) atoms. The lowest BCUT2D eigenvalue weighted by molar-refractivity contribution is -0.0499.